The normalized spacial score (nSPS) is 11.1. The van der Waals surface area contributed by atoms with Gasteiger partial charge in [-0.3, -0.25) is 14.9 Å². The van der Waals surface area contributed by atoms with E-state index >= 15 is 0 Å². The minimum atomic E-state index is -0.433. The molecule has 1 heterocycles. The van der Waals surface area contributed by atoms with E-state index in [1.54, 1.807) is 12.1 Å². The molecule has 5 heteroatoms. The molecule has 2 aromatic carbocycles. The molecule has 1 N–H and O–H groups in total. The fourth-order valence-corrected chi connectivity index (χ4v) is 2.26. The van der Waals surface area contributed by atoms with Crippen LogP contribution in [-0.2, 0) is 0 Å². The maximum atomic E-state index is 11.7. The van der Waals surface area contributed by atoms with Crippen molar-refractivity contribution in [2.75, 3.05) is 0 Å². The third-order valence-electron chi connectivity index (χ3n) is 3.34. The van der Waals surface area contributed by atoms with Crippen LogP contribution in [0.2, 0.25) is 0 Å². The minimum Gasteiger partial charge on any atom is -0.322 e. The molecule has 0 unspecified atom stereocenters. The van der Waals surface area contributed by atoms with Crippen molar-refractivity contribution in [3.63, 3.8) is 0 Å². The SMILES string of the molecule is O=c1cc(/C=C\c2ccc([N+](=O)[O-])cc2)c2ccccc2[nH]1. The number of fused-ring (bicyclic) bond motifs is 1. The van der Waals surface area contributed by atoms with E-state index in [0.717, 1.165) is 22.0 Å². The highest BCUT2D eigenvalue weighted by molar-refractivity contribution is 5.90. The molecule has 22 heavy (non-hydrogen) atoms. The second-order valence-electron chi connectivity index (χ2n) is 4.82. The van der Waals surface area contributed by atoms with Crippen LogP contribution >= 0.6 is 0 Å². The highest BCUT2D eigenvalue weighted by atomic mass is 16.6. The molecule has 0 saturated heterocycles. The van der Waals surface area contributed by atoms with Gasteiger partial charge in [0.05, 0.1) is 4.92 Å². The van der Waals surface area contributed by atoms with Crippen molar-refractivity contribution in [1.82, 2.24) is 4.98 Å². The number of hydrogen-bond donors (Lipinski definition) is 1. The number of H-pyrrole nitrogens is 1. The number of nitro benzene ring substituents is 1. The summed E-state index contributed by atoms with van der Waals surface area (Å²) in [6, 6.07) is 15.3. The zero-order valence-corrected chi connectivity index (χ0v) is 11.5. The quantitative estimate of drug-likeness (QED) is 0.592. The number of pyridine rings is 1. The molecule has 5 nitrogen and oxygen atoms in total. The number of nitro groups is 1. The molecule has 0 saturated carbocycles. The van der Waals surface area contributed by atoms with Crippen LogP contribution in [0.3, 0.4) is 0 Å². The first-order valence-electron chi connectivity index (χ1n) is 6.68. The van der Waals surface area contributed by atoms with E-state index in [1.807, 2.05) is 36.4 Å². The molecule has 3 aromatic rings. The van der Waals surface area contributed by atoms with Gasteiger partial charge in [-0.25, -0.2) is 0 Å². The second kappa shape index (κ2) is 5.65. The van der Waals surface area contributed by atoms with Gasteiger partial charge in [-0.2, -0.15) is 0 Å². The largest absolute Gasteiger partial charge is 0.322 e. The number of hydrogen-bond acceptors (Lipinski definition) is 3. The monoisotopic (exact) mass is 292 g/mol. The van der Waals surface area contributed by atoms with E-state index < -0.39 is 4.92 Å². The summed E-state index contributed by atoms with van der Waals surface area (Å²) in [6.45, 7) is 0. The van der Waals surface area contributed by atoms with Gasteiger partial charge < -0.3 is 4.98 Å². The van der Waals surface area contributed by atoms with Crippen LogP contribution < -0.4 is 5.56 Å². The van der Waals surface area contributed by atoms with Crippen molar-refractivity contribution in [3.05, 3.63) is 86.2 Å². The van der Waals surface area contributed by atoms with E-state index in [0.29, 0.717) is 0 Å². The van der Waals surface area contributed by atoms with Gasteiger partial charge in [-0.1, -0.05) is 30.4 Å². The fraction of sp³-hybridized carbons (Fsp3) is 0. The summed E-state index contributed by atoms with van der Waals surface area (Å²) in [5.74, 6) is 0. The van der Waals surface area contributed by atoms with Crippen molar-refractivity contribution in [2.45, 2.75) is 0 Å². The predicted octanol–water partition coefficient (Wildman–Crippen LogP) is 3.61. The molecular weight excluding hydrogens is 280 g/mol. The maximum absolute atomic E-state index is 11.7. The Morgan fingerprint density at radius 1 is 1.00 bits per heavy atom. The minimum absolute atomic E-state index is 0.0544. The molecule has 108 valence electrons. The Labute approximate surface area is 125 Å². The molecule has 0 bridgehead atoms. The van der Waals surface area contributed by atoms with Crippen LogP contribution in [0.25, 0.3) is 23.1 Å². The molecule has 0 spiro atoms. The third-order valence-corrected chi connectivity index (χ3v) is 3.34. The summed E-state index contributed by atoms with van der Waals surface area (Å²) in [5, 5.41) is 11.6. The van der Waals surface area contributed by atoms with Gasteiger partial charge in [0, 0.05) is 29.1 Å². The summed E-state index contributed by atoms with van der Waals surface area (Å²) in [4.78, 5) is 24.6. The number of rotatable bonds is 3. The van der Waals surface area contributed by atoms with Crippen molar-refractivity contribution in [3.8, 4) is 0 Å². The van der Waals surface area contributed by atoms with Crippen molar-refractivity contribution in [1.29, 1.82) is 0 Å². The highest BCUT2D eigenvalue weighted by Crippen LogP contribution is 2.18. The summed E-state index contributed by atoms with van der Waals surface area (Å²) in [5.41, 5.74) is 2.30. The first-order valence-corrected chi connectivity index (χ1v) is 6.68. The van der Waals surface area contributed by atoms with E-state index in [9.17, 15) is 14.9 Å². The van der Waals surface area contributed by atoms with Crippen molar-refractivity contribution < 1.29 is 4.92 Å². The molecule has 0 fully saturated rings. The van der Waals surface area contributed by atoms with Gasteiger partial charge in [0.2, 0.25) is 5.56 Å². The highest BCUT2D eigenvalue weighted by Gasteiger charge is 2.03. The van der Waals surface area contributed by atoms with Gasteiger partial charge in [-0.15, -0.1) is 0 Å². The molecular formula is C17H12N2O3. The first-order chi connectivity index (χ1) is 10.6. The average Bonchev–Trinajstić information content (AvgIpc) is 2.52. The van der Waals surface area contributed by atoms with Crippen LogP contribution in [0.5, 0.6) is 0 Å². The Morgan fingerprint density at radius 2 is 1.73 bits per heavy atom. The van der Waals surface area contributed by atoms with Gasteiger partial charge in [0.15, 0.2) is 0 Å². The third kappa shape index (κ3) is 2.78. The Hall–Kier alpha value is -3.21. The topological polar surface area (TPSA) is 76.0 Å². The average molecular weight is 292 g/mol. The lowest BCUT2D eigenvalue weighted by molar-refractivity contribution is -0.384. The second-order valence-corrected chi connectivity index (χ2v) is 4.82. The summed E-state index contributed by atoms with van der Waals surface area (Å²) < 4.78 is 0. The number of nitrogens with zero attached hydrogens (tertiary/aromatic N) is 1. The molecule has 0 aliphatic carbocycles. The van der Waals surface area contributed by atoms with E-state index in [-0.39, 0.29) is 11.2 Å². The summed E-state index contributed by atoms with van der Waals surface area (Å²) >= 11 is 0. The summed E-state index contributed by atoms with van der Waals surface area (Å²) in [6.07, 6.45) is 3.66. The van der Waals surface area contributed by atoms with Crippen LogP contribution in [-0.4, -0.2) is 9.91 Å². The molecule has 0 radical (unpaired) electrons. The van der Waals surface area contributed by atoms with Gasteiger partial charge in [-0.05, 0) is 29.3 Å². The summed E-state index contributed by atoms with van der Waals surface area (Å²) in [7, 11) is 0. The number of non-ortho nitro benzene ring substituents is 1. The number of aromatic amines is 1. The van der Waals surface area contributed by atoms with E-state index in [4.69, 9.17) is 0 Å². The smallest absolute Gasteiger partial charge is 0.269 e. The molecule has 1 aromatic heterocycles. The predicted molar refractivity (Wildman–Crippen MR) is 86.6 cm³/mol. The van der Waals surface area contributed by atoms with Gasteiger partial charge >= 0.3 is 0 Å². The molecule has 0 amide bonds. The molecule has 0 atom stereocenters. The number of para-hydroxylation sites is 1. The fourth-order valence-electron chi connectivity index (χ4n) is 2.26. The molecule has 3 rings (SSSR count). The first kappa shape index (κ1) is 13.8. The zero-order valence-electron chi connectivity index (χ0n) is 11.5. The van der Waals surface area contributed by atoms with E-state index in [1.165, 1.54) is 18.2 Å². The standard InChI is InChI=1S/C17H12N2O3/c20-17-11-13(15-3-1-2-4-16(15)18-17)8-5-12-6-9-14(10-7-12)19(21)22/h1-11H,(H,18,20)/b8-5-. The Bertz CT molecular complexity index is 925. The Balaban J connectivity index is 1.99. The Morgan fingerprint density at radius 3 is 2.45 bits per heavy atom. The van der Waals surface area contributed by atoms with Crippen LogP contribution in [0.15, 0.2) is 59.4 Å². The van der Waals surface area contributed by atoms with Crippen molar-refractivity contribution >= 4 is 28.7 Å². The van der Waals surface area contributed by atoms with Crippen LogP contribution in [0.1, 0.15) is 11.1 Å². The molecule has 0 aliphatic rings. The lowest BCUT2D eigenvalue weighted by Gasteiger charge is -2.01. The molecule has 0 aliphatic heterocycles. The Kier molecular flexibility index (Phi) is 3.53. The van der Waals surface area contributed by atoms with E-state index in [2.05, 4.69) is 4.98 Å². The lowest BCUT2D eigenvalue weighted by Crippen LogP contribution is -2.04. The zero-order chi connectivity index (χ0) is 15.5. The van der Waals surface area contributed by atoms with Gasteiger partial charge in [0.25, 0.3) is 5.69 Å². The number of aromatic nitrogens is 1. The van der Waals surface area contributed by atoms with Crippen molar-refractivity contribution in [2.24, 2.45) is 0 Å². The van der Waals surface area contributed by atoms with Crippen LogP contribution in [0, 0.1) is 10.1 Å². The maximum Gasteiger partial charge on any atom is 0.269 e. The number of nitrogens with one attached hydrogen (secondary N) is 1. The van der Waals surface area contributed by atoms with Crippen LogP contribution in [0.4, 0.5) is 5.69 Å². The van der Waals surface area contributed by atoms with Gasteiger partial charge in [0.1, 0.15) is 0 Å². The number of benzene rings is 2. The lowest BCUT2D eigenvalue weighted by atomic mass is 10.1.